The molecule has 96 valence electrons. The molecule has 0 aromatic heterocycles. The summed E-state index contributed by atoms with van der Waals surface area (Å²) in [5, 5.41) is 0. The third kappa shape index (κ3) is 10.0. The lowest BCUT2D eigenvalue weighted by atomic mass is 9.83. The zero-order valence-electron chi connectivity index (χ0n) is 11.6. The van der Waals surface area contributed by atoms with Crippen LogP contribution in [0.15, 0.2) is 0 Å². The van der Waals surface area contributed by atoms with Crippen LogP contribution >= 0.6 is 0 Å². The summed E-state index contributed by atoms with van der Waals surface area (Å²) in [6.45, 7) is 11.6. The lowest BCUT2D eigenvalue weighted by molar-refractivity contribution is -0.143. The molecular weight excluding hydrogens is 200 g/mol. The number of unbranched alkanes of at least 4 members (excludes halogenated alkanes) is 1. The second-order valence-electron chi connectivity index (χ2n) is 5.94. The molecule has 16 heavy (non-hydrogen) atoms. The second-order valence-corrected chi connectivity index (χ2v) is 5.94. The van der Waals surface area contributed by atoms with Gasteiger partial charge in [-0.15, -0.1) is 0 Å². The van der Waals surface area contributed by atoms with E-state index in [0.717, 1.165) is 18.8 Å². The molecule has 2 heteroatoms. The van der Waals surface area contributed by atoms with E-state index in [2.05, 4.69) is 27.7 Å². The van der Waals surface area contributed by atoms with Gasteiger partial charge in [-0.2, -0.15) is 0 Å². The minimum atomic E-state index is -0.0808. The Kier molecular flexibility index (Phi) is 7.44. The molecule has 0 saturated heterocycles. The third-order valence-corrected chi connectivity index (χ3v) is 2.60. The highest BCUT2D eigenvalue weighted by molar-refractivity contribution is 5.68. The molecule has 0 spiro atoms. The first kappa shape index (κ1) is 15.5. The Morgan fingerprint density at radius 2 is 1.88 bits per heavy atom. The standard InChI is InChI=1S/C14H28O2/c1-6-13(15)16-10-8-7-9-12(2)11-14(3,4)5/h12H,6-11H2,1-5H3. The van der Waals surface area contributed by atoms with Crippen molar-refractivity contribution in [1.29, 1.82) is 0 Å². The molecule has 0 rings (SSSR count). The average molecular weight is 228 g/mol. The summed E-state index contributed by atoms with van der Waals surface area (Å²) in [5.74, 6) is 0.685. The van der Waals surface area contributed by atoms with Crippen LogP contribution in [0, 0.1) is 11.3 Å². The van der Waals surface area contributed by atoms with Crippen molar-refractivity contribution in [3.63, 3.8) is 0 Å². The first-order valence-corrected chi connectivity index (χ1v) is 6.50. The lowest BCUT2D eigenvalue weighted by Crippen LogP contribution is -2.11. The van der Waals surface area contributed by atoms with Crippen molar-refractivity contribution in [3.05, 3.63) is 0 Å². The van der Waals surface area contributed by atoms with Crippen LogP contribution in [0.25, 0.3) is 0 Å². The summed E-state index contributed by atoms with van der Waals surface area (Å²) in [5.41, 5.74) is 0.425. The van der Waals surface area contributed by atoms with E-state index in [0.29, 0.717) is 18.4 Å². The highest BCUT2D eigenvalue weighted by atomic mass is 16.5. The molecule has 0 heterocycles. The Balaban J connectivity index is 3.41. The van der Waals surface area contributed by atoms with Crippen LogP contribution in [0.1, 0.15) is 66.7 Å². The van der Waals surface area contributed by atoms with Crippen molar-refractivity contribution >= 4 is 5.97 Å². The topological polar surface area (TPSA) is 26.3 Å². The number of esters is 1. The SMILES string of the molecule is CCC(=O)OCCCCC(C)CC(C)(C)C. The van der Waals surface area contributed by atoms with Gasteiger partial charge in [-0.25, -0.2) is 0 Å². The van der Waals surface area contributed by atoms with Gasteiger partial charge < -0.3 is 4.74 Å². The molecule has 0 aromatic carbocycles. The molecule has 0 bridgehead atoms. The lowest BCUT2D eigenvalue weighted by Gasteiger charge is -2.23. The van der Waals surface area contributed by atoms with Crippen LogP contribution < -0.4 is 0 Å². The Morgan fingerprint density at radius 3 is 2.38 bits per heavy atom. The fourth-order valence-corrected chi connectivity index (χ4v) is 2.03. The summed E-state index contributed by atoms with van der Waals surface area (Å²) in [6, 6.07) is 0. The van der Waals surface area contributed by atoms with E-state index in [1.54, 1.807) is 0 Å². The molecule has 0 N–H and O–H groups in total. The molecule has 0 aromatic rings. The van der Waals surface area contributed by atoms with Gasteiger partial charge in [-0.3, -0.25) is 4.79 Å². The summed E-state index contributed by atoms with van der Waals surface area (Å²) in [7, 11) is 0. The number of carbonyl (C=O) groups is 1. The normalized spacial score (nSPS) is 13.6. The van der Waals surface area contributed by atoms with E-state index in [9.17, 15) is 4.79 Å². The van der Waals surface area contributed by atoms with E-state index in [-0.39, 0.29) is 5.97 Å². The number of rotatable bonds is 7. The van der Waals surface area contributed by atoms with Crippen LogP contribution in [-0.2, 0) is 9.53 Å². The molecule has 0 radical (unpaired) electrons. The predicted molar refractivity (Wildman–Crippen MR) is 68.3 cm³/mol. The van der Waals surface area contributed by atoms with Gasteiger partial charge in [-0.1, -0.05) is 41.0 Å². The van der Waals surface area contributed by atoms with Gasteiger partial charge in [0.1, 0.15) is 0 Å². The van der Waals surface area contributed by atoms with Crippen LogP contribution in [0.5, 0.6) is 0 Å². The summed E-state index contributed by atoms with van der Waals surface area (Å²) < 4.78 is 5.03. The van der Waals surface area contributed by atoms with Gasteiger partial charge in [0.25, 0.3) is 0 Å². The molecule has 0 aliphatic carbocycles. The van der Waals surface area contributed by atoms with Crippen LogP contribution in [-0.4, -0.2) is 12.6 Å². The molecule has 0 fully saturated rings. The van der Waals surface area contributed by atoms with Crippen molar-refractivity contribution in [1.82, 2.24) is 0 Å². The van der Waals surface area contributed by atoms with Gasteiger partial charge in [-0.05, 0) is 30.6 Å². The first-order valence-electron chi connectivity index (χ1n) is 6.50. The minimum absolute atomic E-state index is 0.0808. The molecular formula is C14H28O2. The maximum atomic E-state index is 10.9. The number of hydrogen-bond acceptors (Lipinski definition) is 2. The molecule has 0 aliphatic heterocycles. The van der Waals surface area contributed by atoms with Gasteiger partial charge in [0.15, 0.2) is 0 Å². The number of ether oxygens (including phenoxy) is 1. The van der Waals surface area contributed by atoms with E-state index < -0.39 is 0 Å². The second kappa shape index (κ2) is 7.70. The quantitative estimate of drug-likeness (QED) is 0.482. The number of hydrogen-bond donors (Lipinski definition) is 0. The monoisotopic (exact) mass is 228 g/mol. The van der Waals surface area contributed by atoms with Crippen LogP contribution in [0.3, 0.4) is 0 Å². The highest BCUT2D eigenvalue weighted by Gasteiger charge is 2.14. The Bertz CT molecular complexity index is 191. The molecule has 0 amide bonds. The van der Waals surface area contributed by atoms with Crippen molar-refractivity contribution in [2.45, 2.75) is 66.7 Å². The molecule has 1 unspecified atom stereocenters. The van der Waals surface area contributed by atoms with Crippen molar-refractivity contribution in [2.24, 2.45) is 11.3 Å². The first-order chi connectivity index (χ1) is 7.35. The summed E-state index contributed by atoms with van der Waals surface area (Å²) in [6.07, 6.45) is 5.15. The van der Waals surface area contributed by atoms with Crippen LogP contribution in [0.4, 0.5) is 0 Å². The largest absolute Gasteiger partial charge is 0.466 e. The summed E-state index contributed by atoms with van der Waals surface area (Å²) in [4.78, 5) is 10.9. The van der Waals surface area contributed by atoms with Gasteiger partial charge >= 0.3 is 5.97 Å². The maximum absolute atomic E-state index is 10.9. The third-order valence-electron chi connectivity index (χ3n) is 2.60. The number of carbonyl (C=O) groups excluding carboxylic acids is 1. The smallest absolute Gasteiger partial charge is 0.305 e. The minimum Gasteiger partial charge on any atom is -0.466 e. The maximum Gasteiger partial charge on any atom is 0.305 e. The van der Waals surface area contributed by atoms with Crippen LogP contribution in [0.2, 0.25) is 0 Å². The summed E-state index contributed by atoms with van der Waals surface area (Å²) >= 11 is 0. The molecule has 0 saturated carbocycles. The molecule has 1 atom stereocenters. The predicted octanol–water partition coefficient (Wildman–Crippen LogP) is 4.18. The van der Waals surface area contributed by atoms with E-state index in [1.807, 2.05) is 6.92 Å². The van der Waals surface area contributed by atoms with Gasteiger partial charge in [0.05, 0.1) is 6.61 Å². The van der Waals surface area contributed by atoms with E-state index in [4.69, 9.17) is 4.74 Å². The fraction of sp³-hybridized carbons (Fsp3) is 0.929. The Morgan fingerprint density at radius 1 is 1.25 bits per heavy atom. The van der Waals surface area contributed by atoms with E-state index >= 15 is 0 Å². The van der Waals surface area contributed by atoms with Gasteiger partial charge in [0.2, 0.25) is 0 Å². The van der Waals surface area contributed by atoms with Crippen molar-refractivity contribution in [2.75, 3.05) is 6.61 Å². The van der Waals surface area contributed by atoms with E-state index in [1.165, 1.54) is 12.8 Å². The zero-order valence-corrected chi connectivity index (χ0v) is 11.6. The molecule has 2 nitrogen and oxygen atoms in total. The van der Waals surface area contributed by atoms with Gasteiger partial charge in [0, 0.05) is 6.42 Å². The van der Waals surface area contributed by atoms with Crippen molar-refractivity contribution < 1.29 is 9.53 Å². The fourth-order valence-electron chi connectivity index (χ4n) is 2.03. The Labute approximate surface area is 101 Å². The van der Waals surface area contributed by atoms with Crippen molar-refractivity contribution in [3.8, 4) is 0 Å². The average Bonchev–Trinajstić information content (AvgIpc) is 2.14. The Hall–Kier alpha value is -0.530. The highest BCUT2D eigenvalue weighted by Crippen LogP contribution is 2.26. The zero-order chi connectivity index (χ0) is 12.6. The molecule has 0 aliphatic rings.